The van der Waals surface area contributed by atoms with E-state index in [1.807, 2.05) is 6.92 Å². The molecule has 2 fully saturated rings. The van der Waals surface area contributed by atoms with Crippen molar-refractivity contribution in [3.8, 4) is 0 Å². The van der Waals surface area contributed by atoms with Crippen molar-refractivity contribution in [2.24, 2.45) is 0 Å². The number of fused-ring (bicyclic) bond motifs is 1. The molecule has 26 heavy (non-hydrogen) atoms. The van der Waals surface area contributed by atoms with Crippen LogP contribution < -0.4 is 5.32 Å². The molecule has 0 saturated carbocycles. The van der Waals surface area contributed by atoms with E-state index in [-0.39, 0.29) is 23.2 Å². The number of anilines is 1. The number of carbonyl (C=O) groups is 3. The number of likely N-dealkylation sites (N-methyl/N-ethyl adjacent to an activating group) is 1. The maximum Gasteiger partial charge on any atom is 0.246 e. The second-order valence-corrected chi connectivity index (χ2v) is 8.92. The van der Waals surface area contributed by atoms with Crippen molar-refractivity contribution in [2.75, 3.05) is 24.7 Å². The maximum atomic E-state index is 12.8. The number of nitrogens with zero attached hydrogens (tertiary/aromatic N) is 2. The van der Waals surface area contributed by atoms with Crippen molar-refractivity contribution in [1.82, 2.24) is 9.80 Å². The molecule has 0 unspecified atom stereocenters. The maximum absolute atomic E-state index is 12.8. The van der Waals surface area contributed by atoms with Crippen LogP contribution in [0.3, 0.4) is 0 Å². The first-order valence-corrected chi connectivity index (χ1v) is 9.92. The Balaban J connectivity index is 1.64. The van der Waals surface area contributed by atoms with Crippen molar-refractivity contribution in [3.63, 3.8) is 0 Å². The molecular formula is C17H19Cl2N3O3S. The summed E-state index contributed by atoms with van der Waals surface area (Å²) in [5.41, 5.74) is 0.320. The number of thioether (sulfide) groups is 1. The average molecular weight is 416 g/mol. The highest BCUT2D eigenvalue weighted by Crippen LogP contribution is 2.47. The lowest BCUT2D eigenvalue weighted by atomic mass is 10.2. The van der Waals surface area contributed by atoms with Gasteiger partial charge in [0.05, 0.1) is 27.1 Å². The standard InChI is InChI=1S/C17H19Cl2N3O3S/c1-17-7-6-14(24)22(17)12(9-26-17)16(25)21(2)8-13(23)20-15-10(18)4-3-5-11(15)19/h3-5,12H,6-9H2,1-2H3,(H,20,23)/t12-,17+/m0/s1. The number of hydrogen-bond acceptors (Lipinski definition) is 4. The lowest BCUT2D eigenvalue weighted by Crippen LogP contribution is -2.51. The molecule has 140 valence electrons. The first-order valence-electron chi connectivity index (χ1n) is 8.18. The third-order valence-electron chi connectivity index (χ3n) is 4.71. The Morgan fingerprint density at radius 2 is 2.04 bits per heavy atom. The van der Waals surface area contributed by atoms with Gasteiger partial charge in [-0.15, -0.1) is 11.8 Å². The normalized spacial score (nSPS) is 24.5. The number of para-hydroxylation sites is 1. The Labute approximate surface area is 166 Å². The van der Waals surface area contributed by atoms with Crippen LogP contribution in [0.25, 0.3) is 0 Å². The van der Waals surface area contributed by atoms with E-state index in [9.17, 15) is 14.4 Å². The third-order valence-corrected chi connectivity index (χ3v) is 6.85. The minimum atomic E-state index is -0.526. The zero-order valence-electron chi connectivity index (χ0n) is 14.4. The molecule has 2 atom stereocenters. The molecule has 1 aromatic carbocycles. The minimum Gasteiger partial charge on any atom is -0.335 e. The molecule has 1 N–H and O–H groups in total. The van der Waals surface area contributed by atoms with Gasteiger partial charge in [-0.05, 0) is 25.5 Å². The van der Waals surface area contributed by atoms with Gasteiger partial charge in [0, 0.05) is 19.2 Å². The Morgan fingerprint density at radius 1 is 1.38 bits per heavy atom. The first kappa shape index (κ1) is 19.3. The quantitative estimate of drug-likeness (QED) is 0.820. The number of halogens is 2. The van der Waals surface area contributed by atoms with E-state index in [0.717, 1.165) is 6.42 Å². The summed E-state index contributed by atoms with van der Waals surface area (Å²) in [4.78, 5) is 39.9. The zero-order chi connectivity index (χ0) is 19.1. The second-order valence-electron chi connectivity index (χ2n) is 6.60. The highest BCUT2D eigenvalue weighted by atomic mass is 35.5. The van der Waals surface area contributed by atoms with Gasteiger partial charge in [0.2, 0.25) is 17.7 Å². The number of amides is 3. The summed E-state index contributed by atoms with van der Waals surface area (Å²) in [5.74, 6) is -0.103. The smallest absolute Gasteiger partial charge is 0.246 e. The van der Waals surface area contributed by atoms with Gasteiger partial charge in [-0.3, -0.25) is 14.4 Å². The molecular weight excluding hydrogens is 397 g/mol. The summed E-state index contributed by atoms with van der Waals surface area (Å²) in [7, 11) is 1.55. The van der Waals surface area contributed by atoms with Gasteiger partial charge in [0.15, 0.2) is 0 Å². The van der Waals surface area contributed by atoms with Gasteiger partial charge in [-0.2, -0.15) is 0 Å². The van der Waals surface area contributed by atoms with Crippen molar-refractivity contribution in [3.05, 3.63) is 28.2 Å². The van der Waals surface area contributed by atoms with E-state index in [1.54, 1.807) is 41.9 Å². The Morgan fingerprint density at radius 3 is 2.69 bits per heavy atom. The molecule has 2 aliphatic heterocycles. The van der Waals surface area contributed by atoms with Gasteiger partial charge in [-0.25, -0.2) is 0 Å². The molecule has 9 heteroatoms. The number of hydrogen-bond donors (Lipinski definition) is 1. The monoisotopic (exact) mass is 415 g/mol. The number of carbonyl (C=O) groups excluding carboxylic acids is 3. The fourth-order valence-corrected chi connectivity index (χ4v) is 5.26. The van der Waals surface area contributed by atoms with E-state index in [0.29, 0.717) is 27.9 Å². The molecule has 2 heterocycles. The van der Waals surface area contributed by atoms with Crippen molar-refractivity contribution in [1.29, 1.82) is 0 Å². The SMILES string of the molecule is CN(CC(=O)Nc1c(Cl)cccc1Cl)C(=O)[C@@H]1CS[C@]2(C)CCC(=O)N12. The van der Waals surface area contributed by atoms with Gasteiger partial charge in [0.1, 0.15) is 6.04 Å². The predicted molar refractivity (Wildman–Crippen MR) is 103 cm³/mol. The molecule has 1 aromatic rings. The lowest BCUT2D eigenvalue weighted by molar-refractivity contribution is -0.143. The number of nitrogens with one attached hydrogen (secondary N) is 1. The molecule has 0 aliphatic carbocycles. The van der Waals surface area contributed by atoms with Crippen LogP contribution in [-0.4, -0.2) is 57.8 Å². The fraction of sp³-hybridized carbons (Fsp3) is 0.471. The van der Waals surface area contributed by atoms with Crippen LogP contribution in [0, 0.1) is 0 Å². The fourth-order valence-electron chi connectivity index (χ4n) is 3.35. The van der Waals surface area contributed by atoms with E-state index < -0.39 is 11.9 Å². The van der Waals surface area contributed by atoms with Crippen LogP contribution in [0.2, 0.25) is 10.0 Å². The summed E-state index contributed by atoms with van der Waals surface area (Å²) in [6.07, 6.45) is 1.21. The van der Waals surface area contributed by atoms with E-state index >= 15 is 0 Å². The molecule has 0 radical (unpaired) electrons. The van der Waals surface area contributed by atoms with Crippen LogP contribution in [0.1, 0.15) is 19.8 Å². The highest BCUT2D eigenvalue weighted by molar-refractivity contribution is 8.01. The van der Waals surface area contributed by atoms with Crippen LogP contribution in [0.4, 0.5) is 5.69 Å². The predicted octanol–water partition coefficient (Wildman–Crippen LogP) is 2.84. The minimum absolute atomic E-state index is 0.00319. The van der Waals surface area contributed by atoms with Crippen molar-refractivity contribution >= 4 is 58.4 Å². The molecule has 3 rings (SSSR count). The van der Waals surface area contributed by atoms with E-state index in [4.69, 9.17) is 23.2 Å². The van der Waals surface area contributed by atoms with Crippen molar-refractivity contribution in [2.45, 2.75) is 30.7 Å². The molecule has 0 spiro atoms. The Hall–Kier alpha value is -1.44. The van der Waals surface area contributed by atoms with Gasteiger partial charge in [0.25, 0.3) is 0 Å². The summed E-state index contributed by atoms with van der Waals surface area (Å²) in [6, 6.07) is 4.39. The van der Waals surface area contributed by atoms with Crippen LogP contribution in [-0.2, 0) is 14.4 Å². The van der Waals surface area contributed by atoms with Crippen LogP contribution in [0.5, 0.6) is 0 Å². The topological polar surface area (TPSA) is 69.7 Å². The molecule has 3 amide bonds. The first-order chi connectivity index (χ1) is 12.2. The largest absolute Gasteiger partial charge is 0.335 e. The Bertz CT molecular complexity index is 755. The molecule has 2 aliphatic rings. The molecule has 6 nitrogen and oxygen atoms in total. The summed E-state index contributed by atoms with van der Waals surface area (Å²) >= 11 is 13.7. The van der Waals surface area contributed by atoms with Gasteiger partial charge < -0.3 is 15.1 Å². The summed E-state index contributed by atoms with van der Waals surface area (Å²) < 4.78 is 0. The summed E-state index contributed by atoms with van der Waals surface area (Å²) in [5, 5.41) is 3.28. The van der Waals surface area contributed by atoms with Crippen LogP contribution >= 0.6 is 35.0 Å². The average Bonchev–Trinajstić information content (AvgIpc) is 3.07. The molecule has 2 saturated heterocycles. The van der Waals surface area contributed by atoms with E-state index in [1.165, 1.54) is 4.90 Å². The van der Waals surface area contributed by atoms with Gasteiger partial charge >= 0.3 is 0 Å². The highest BCUT2D eigenvalue weighted by Gasteiger charge is 2.53. The van der Waals surface area contributed by atoms with Gasteiger partial charge in [-0.1, -0.05) is 29.3 Å². The lowest BCUT2D eigenvalue weighted by Gasteiger charge is -2.31. The van der Waals surface area contributed by atoms with Crippen molar-refractivity contribution < 1.29 is 14.4 Å². The Kier molecular flexibility index (Phi) is 5.42. The zero-order valence-corrected chi connectivity index (χ0v) is 16.7. The van der Waals surface area contributed by atoms with Crippen LogP contribution in [0.15, 0.2) is 18.2 Å². The number of benzene rings is 1. The number of rotatable bonds is 4. The second kappa shape index (κ2) is 7.29. The van der Waals surface area contributed by atoms with E-state index in [2.05, 4.69) is 5.32 Å². The molecule has 0 bridgehead atoms. The summed E-state index contributed by atoms with van der Waals surface area (Å²) in [6.45, 7) is 1.84. The molecule has 0 aromatic heterocycles. The third kappa shape index (κ3) is 3.52.